The molecule has 10 rings (SSSR count). The first-order valence-corrected chi connectivity index (χ1v) is 26.5. The SMILES string of the molecule is CCOC(C)=O.CO.Cc1ccc2c(c1)B(O)OC=C2.Cc1ccc2c(c1)B(O)OCC2.O=C(NCCNc1nonc1C(=Nc1ccc(F)c(Br)c1)NO)c1ccc2c(c1)B(O)OCC2.O=C=O.O=C=O.O=COc1ccc2c(c1)B(O)OCC2. The number of anilines is 1. The average Bonchev–Trinajstić information content (AvgIpc) is 3.56. The summed E-state index contributed by atoms with van der Waals surface area (Å²) in [5.74, 6) is -0.474. The highest BCUT2D eigenvalue weighted by Crippen LogP contribution is 2.23. The summed E-state index contributed by atoms with van der Waals surface area (Å²) in [5, 5.41) is 68.0. The monoisotopic (exact) mass is 1250 g/mol. The van der Waals surface area contributed by atoms with Gasteiger partial charge in [-0.1, -0.05) is 59.7 Å². The van der Waals surface area contributed by atoms with Crippen LogP contribution in [-0.4, -0.2) is 152 Å². The average molecular weight is 1260 g/mol. The Morgan fingerprint density at radius 1 is 0.744 bits per heavy atom. The van der Waals surface area contributed by atoms with E-state index in [1.807, 2.05) is 61.8 Å². The first-order chi connectivity index (χ1) is 41.4. The topological polar surface area (TPSA) is 384 Å². The number of esters is 1. The van der Waals surface area contributed by atoms with E-state index < -0.39 is 34.3 Å². The van der Waals surface area contributed by atoms with Crippen LogP contribution in [0.4, 0.5) is 15.9 Å². The number of hydrogen-bond donors (Lipinski definition) is 9. The molecule has 5 heterocycles. The van der Waals surface area contributed by atoms with Gasteiger partial charge in [-0.25, -0.2) is 14.0 Å². The molecule has 9 N–H and O–H groups in total. The minimum Gasteiger partial charge on any atom is -0.538 e. The summed E-state index contributed by atoms with van der Waals surface area (Å²) in [4.78, 5) is 69.1. The van der Waals surface area contributed by atoms with Crippen LogP contribution in [0.25, 0.3) is 6.08 Å². The third-order valence-electron chi connectivity index (χ3n) is 11.7. The number of hydroxylamine groups is 1. The molecular formula is C54H60B4BrFN6O20. The van der Waals surface area contributed by atoms with Crippen LogP contribution in [0.1, 0.15) is 63.3 Å². The number of aryl methyl sites for hydroxylation is 2. The second kappa shape index (κ2) is 39.2. The Labute approximate surface area is 502 Å². The van der Waals surface area contributed by atoms with Crippen LogP contribution in [0.5, 0.6) is 5.75 Å². The third-order valence-corrected chi connectivity index (χ3v) is 12.3. The van der Waals surface area contributed by atoms with Crippen molar-refractivity contribution >= 4 is 120 Å². The summed E-state index contributed by atoms with van der Waals surface area (Å²) in [6.45, 7) is 10.1. The number of aliphatic hydroxyl groups is 1. The Kier molecular flexibility index (Phi) is 32.7. The van der Waals surface area contributed by atoms with Crippen molar-refractivity contribution in [3.63, 3.8) is 0 Å². The number of fused-ring (bicyclic) bond motifs is 4. The number of amides is 1. The van der Waals surface area contributed by atoms with Crippen molar-refractivity contribution in [1.82, 2.24) is 21.1 Å². The summed E-state index contributed by atoms with van der Waals surface area (Å²) in [6.07, 6.45) is 6.23. The van der Waals surface area contributed by atoms with Gasteiger partial charge in [-0.2, -0.15) is 19.2 Å². The number of ether oxygens (including phenoxy) is 2. The molecule has 5 aromatic carbocycles. The van der Waals surface area contributed by atoms with Crippen molar-refractivity contribution in [3.05, 3.63) is 152 Å². The number of amidine groups is 1. The molecule has 32 heteroatoms. The summed E-state index contributed by atoms with van der Waals surface area (Å²) in [5.41, 5.74) is 12.3. The van der Waals surface area contributed by atoms with E-state index in [0.29, 0.717) is 67.2 Å². The zero-order valence-electron chi connectivity index (χ0n) is 47.1. The van der Waals surface area contributed by atoms with E-state index in [1.54, 1.807) is 31.2 Å². The van der Waals surface area contributed by atoms with Gasteiger partial charge in [0.05, 0.1) is 23.0 Å². The maximum Gasteiger partial charge on any atom is 0.560 e. The van der Waals surface area contributed by atoms with Crippen molar-refractivity contribution in [1.29, 1.82) is 0 Å². The smallest absolute Gasteiger partial charge is 0.538 e. The fraction of sp³-hybridized carbons (Fsp3) is 0.259. The summed E-state index contributed by atoms with van der Waals surface area (Å²) in [7, 11) is -2.46. The molecule has 0 atom stereocenters. The zero-order valence-corrected chi connectivity index (χ0v) is 48.6. The summed E-state index contributed by atoms with van der Waals surface area (Å²) < 4.78 is 47.8. The largest absolute Gasteiger partial charge is 0.560 e. The minimum atomic E-state index is -1.04. The predicted octanol–water partition coefficient (Wildman–Crippen LogP) is 0.562. The van der Waals surface area contributed by atoms with Crippen LogP contribution in [0.2, 0.25) is 0 Å². The number of halogens is 2. The Morgan fingerprint density at radius 2 is 1.29 bits per heavy atom. The molecule has 0 bridgehead atoms. The number of benzene rings is 5. The third kappa shape index (κ3) is 23.5. The first-order valence-electron chi connectivity index (χ1n) is 25.7. The van der Waals surface area contributed by atoms with Crippen molar-refractivity contribution < 1.29 is 101 Å². The number of carbonyl (C=O) groups excluding carboxylic acids is 7. The number of aliphatic hydroxyl groups excluding tert-OH is 1. The van der Waals surface area contributed by atoms with Crippen molar-refractivity contribution in [2.45, 2.75) is 47.0 Å². The molecule has 0 saturated carbocycles. The van der Waals surface area contributed by atoms with E-state index in [9.17, 15) is 44.1 Å². The number of hydrogen-bond acceptors (Lipinski definition) is 24. The summed E-state index contributed by atoms with van der Waals surface area (Å²) >= 11 is 3.07. The molecule has 4 aliphatic heterocycles. The Morgan fingerprint density at radius 3 is 1.84 bits per heavy atom. The van der Waals surface area contributed by atoms with E-state index in [4.69, 9.17) is 47.5 Å². The van der Waals surface area contributed by atoms with E-state index in [1.165, 1.54) is 42.5 Å². The molecule has 452 valence electrons. The Hall–Kier alpha value is -8.47. The molecule has 1 amide bonds. The second-order valence-corrected chi connectivity index (χ2v) is 18.3. The Balaban J connectivity index is 0.000000307. The van der Waals surface area contributed by atoms with E-state index in [2.05, 4.69) is 63.5 Å². The highest BCUT2D eigenvalue weighted by molar-refractivity contribution is 9.10. The molecule has 6 aromatic rings. The molecule has 0 fully saturated rings. The van der Waals surface area contributed by atoms with Crippen LogP contribution in [-0.2, 0) is 71.4 Å². The van der Waals surface area contributed by atoms with Gasteiger partial charge in [-0.05, 0) is 153 Å². The second-order valence-electron chi connectivity index (χ2n) is 17.4. The normalized spacial score (nSPS) is 12.7. The molecule has 0 spiro atoms. The van der Waals surface area contributed by atoms with Gasteiger partial charge in [0, 0.05) is 58.0 Å². The maximum absolute atomic E-state index is 13.4. The lowest BCUT2D eigenvalue weighted by Crippen LogP contribution is -2.42. The molecule has 0 aliphatic carbocycles. The van der Waals surface area contributed by atoms with Crippen molar-refractivity contribution in [2.75, 3.05) is 51.9 Å². The lowest BCUT2D eigenvalue weighted by molar-refractivity contribution is -0.193. The van der Waals surface area contributed by atoms with Gasteiger partial charge in [0.2, 0.25) is 5.82 Å². The van der Waals surface area contributed by atoms with Gasteiger partial charge >= 0.3 is 46.7 Å². The van der Waals surface area contributed by atoms with Crippen LogP contribution in [0, 0.1) is 19.7 Å². The molecule has 0 radical (unpaired) electrons. The van der Waals surface area contributed by atoms with E-state index in [-0.39, 0.29) is 59.1 Å². The fourth-order valence-corrected chi connectivity index (χ4v) is 8.26. The van der Waals surface area contributed by atoms with Crippen LogP contribution in [0.3, 0.4) is 0 Å². The highest BCUT2D eigenvalue weighted by atomic mass is 79.9. The molecule has 4 aliphatic rings. The number of aromatic nitrogens is 2. The van der Waals surface area contributed by atoms with Crippen LogP contribution < -0.4 is 42.7 Å². The van der Waals surface area contributed by atoms with Gasteiger partial charge < -0.3 is 63.9 Å². The van der Waals surface area contributed by atoms with Gasteiger partial charge in [-0.15, -0.1) is 0 Å². The number of rotatable bonds is 10. The van der Waals surface area contributed by atoms with E-state index in [0.717, 1.165) is 53.1 Å². The number of nitrogens with zero attached hydrogens (tertiary/aromatic N) is 3. The van der Waals surface area contributed by atoms with Gasteiger partial charge in [0.15, 0.2) is 11.5 Å². The van der Waals surface area contributed by atoms with Crippen molar-refractivity contribution in [3.8, 4) is 5.75 Å². The van der Waals surface area contributed by atoms with Crippen LogP contribution >= 0.6 is 15.9 Å². The molecular weight excluding hydrogens is 1190 g/mol. The van der Waals surface area contributed by atoms with Gasteiger partial charge in [0.25, 0.3) is 12.4 Å². The fourth-order valence-electron chi connectivity index (χ4n) is 7.89. The molecule has 26 nitrogen and oxygen atoms in total. The van der Waals surface area contributed by atoms with Gasteiger partial charge in [-0.3, -0.25) is 25.1 Å². The lowest BCUT2D eigenvalue weighted by atomic mass is 9.73. The van der Waals surface area contributed by atoms with Crippen molar-refractivity contribution in [2.24, 2.45) is 4.99 Å². The quantitative estimate of drug-likeness (QED) is 0.0172. The Bertz CT molecular complexity index is 3270. The van der Waals surface area contributed by atoms with Gasteiger partial charge in [0.1, 0.15) is 11.6 Å². The molecule has 1 aromatic heterocycles. The summed E-state index contributed by atoms with van der Waals surface area (Å²) in [6, 6.07) is 26.4. The maximum atomic E-state index is 13.4. The number of aliphatic imine (C=N–C) groups is 1. The first kappa shape index (κ1) is 71.8. The van der Waals surface area contributed by atoms with E-state index >= 15 is 0 Å². The number of nitrogens with one attached hydrogen (secondary N) is 3. The molecule has 0 unspecified atom stereocenters. The standard InChI is InChI=1S/C20H19BBrFN6O5.C9H9BO4.C9H11BO2.C9H9BO2.C4H8O2.2CO2.CH4O/c22-15-10-13(3-4-16(15)23)26-19(27-32)17-18(29-34-28-17)24-6-7-25-20(30)12-2-1-11-5-8-33-21(31)14(11)9-12;11-6-13-8-2-1-7-3-4-14-10(12)9(7)5-8;2*1-7-2-3-8-4-5-12-10(11)9(8)6-7;1-3-6-4(2)5;2*2-1-3;1-2/h1-4,9-10,31-32H,5-8H2,(H,24,29)(H,25,30)(H,26,27);1-2,5-6,12H,3-4H2;2-3,6,11H,4-5H2,1H3;2-6,11H,1H3;3H2,1-2H3;;;2H,1H3. The zero-order chi connectivity index (χ0) is 63.6. The lowest BCUT2D eigenvalue weighted by Gasteiger charge is -2.19. The highest BCUT2D eigenvalue weighted by Gasteiger charge is 2.28. The van der Waals surface area contributed by atoms with Crippen LogP contribution in [0.15, 0.2) is 111 Å². The predicted molar refractivity (Wildman–Crippen MR) is 312 cm³/mol. The minimum absolute atomic E-state index is 0.0814. The molecule has 0 saturated heterocycles. The number of carbonyl (C=O) groups is 3. The molecule has 86 heavy (non-hydrogen) atoms.